The summed E-state index contributed by atoms with van der Waals surface area (Å²) in [6, 6.07) is 4.03. The van der Waals surface area contributed by atoms with Gasteiger partial charge in [-0.2, -0.15) is 9.40 Å². The molecular weight excluding hydrogens is 370 g/mol. The maximum absolute atomic E-state index is 12.8. The van der Waals surface area contributed by atoms with Crippen LogP contribution in [0, 0.1) is 17.0 Å². The third-order valence-corrected chi connectivity index (χ3v) is 6.82. The van der Waals surface area contributed by atoms with E-state index < -0.39 is 14.9 Å². The first kappa shape index (κ1) is 19.3. The Labute approximate surface area is 158 Å². The maximum atomic E-state index is 12.8. The van der Waals surface area contributed by atoms with Crippen LogP contribution >= 0.6 is 0 Å². The van der Waals surface area contributed by atoms with Gasteiger partial charge in [0.15, 0.2) is 0 Å². The first-order chi connectivity index (χ1) is 12.8. The Morgan fingerprint density at radius 3 is 2.56 bits per heavy atom. The topological polar surface area (TPSA) is 110 Å². The predicted molar refractivity (Wildman–Crippen MR) is 101 cm³/mol. The van der Waals surface area contributed by atoms with E-state index in [1.165, 1.54) is 16.4 Å². The lowest BCUT2D eigenvalue weighted by molar-refractivity contribution is -0.384. The van der Waals surface area contributed by atoms with Gasteiger partial charge >= 0.3 is 0 Å². The van der Waals surface area contributed by atoms with Gasteiger partial charge in [0.2, 0.25) is 10.0 Å². The van der Waals surface area contributed by atoms with Crippen LogP contribution in [0.5, 0.6) is 0 Å². The molecule has 0 atom stereocenters. The third kappa shape index (κ3) is 3.96. The molecule has 0 saturated carbocycles. The number of rotatable bonds is 6. The Bertz CT molecular complexity index is 948. The number of aromatic nitrogens is 2. The molecule has 1 aromatic heterocycles. The average molecular weight is 393 g/mol. The number of nitrogens with one attached hydrogen (secondary N) is 1. The lowest BCUT2D eigenvalue weighted by atomic mass is 10.2. The monoisotopic (exact) mass is 393 g/mol. The Balaban J connectivity index is 1.86. The number of sulfonamides is 1. The number of nitro benzene ring substituents is 1. The van der Waals surface area contributed by atoms with E-state index in [0.717, 1.165) is 36.6 Å². The largest absolute Gasteiger partial charge is 0.375 e. The van der Waals surface area contributed by atoms with Crippen molar-refractivity contribution in [2.75, 3.05) is 18.4 Å². The fourth-order valence-corrected chi connectivity index (χ4v) is 4.67. The first-order valence-electron chi connectivity index (χ1n) is 8.80. The molecule has 0 aliphatic carbocycles. The molecule has 0 radical (unpaired) electrons. The zero-order valence-electron chi connectivity index (χ0n) is 15.4. The van der Waals surface area contributed by atoms with Gasteiger partial charge in [0.25, 0.3) is 5.69 Å². The summed E-state index contributed by atoms with van der Waals surface area (Å²) in [4.78, 5) is 10.9. The van der Waals surface area contributed by atoms with Gasteiger partial charge in [-0.25, -0.2) is 8.42 Å². The Kier molecular flexibility index (Phi) is 5.47. The summed E-state index contributed by atoms with van der Waals surface area (Å²) in [6.07, 6.45) is 4.32. The number of aryl methyl sites for hydroxylation is 1. The van der Waals surface area contributed by atoms with Crippen LogP contribution in [0.2, 0.25) is 0 Å². The molecule has 1 aliphatic heterocycles. The summed E-state index contributed by atoms with van der Waals surface area (Å²) < 4.78 is 28.7. The second-order valence-corrected chi connectivity index (χ2v) is 8.57. The second-order valence-electron chi connectivity index (χ2n) is 6.63. The van der Waals surface area contributed by atoms with Crippen molar-refractivity contribution in [3.05, 3.63) is 45.8 Å². The Hall–Kier alpha value is -2.46. The summed E-state index contributed by atoms with van der Waals surface area (Å²) in [5.41, 5.74) is 1.89. The number of anilines is 1. The van der Waals surface area contributed by atoms with Crippen molar-refractivity contribution >= 4 is 21.4 Å². The maximum Gasteiger partial charge on any atom is 0.293 e. The van der Waals surface area contributed by atoms with Crippen LogP contribution in [0.4, 0.5) is 11.4 Å². The lowest BCUT2D eigenvalue weighted by Gasteiger charge is -2.25. The lowest BCUT2D eigenvalue weighted by Crippen LogP contribution is -2.35. The highest BCUT2D eigenvalue weighted by atomic mass is 32.2. The minimum Gasteiger partial charge on any atom is -0.375 e. The molecule has 2 aromatic rings. The van der Waals surface area contributed by atoms with Crippen LogP contribution in [0.25, 0.3) is 0 Å². The molecule has 1 aliphatic rings. The molecule has 2 heterocycles. The van der Waals surface area contributed by atoms with Crippen LogP contribution in [0.15, 0.2) is 29.3 Å². The van der Waals surface area contributed by atoms with Crippen molar-refractivity contribution in [1.29, 1.82) is 0 Å². The number of hydrogen-bond acceptors (Lipinski definition) is 6. The summed E-state index contributed by atoms with van der Waals surface area (Å²) in [5.74, 6) is 0. The van der Waals surface area contributed by atoms with Gasteiger partial charge in [-0.1, -0.05) is 6.42 Å². The molecule has 9 nitrogen and oxygen atoms in total. The van der Waals surface area contributed by atoms with Gasteiger partial charge in [0.1, 0.15) is 5.69 Å². The van der Waals surface area contributed by atoms with E-state index >= 15 is 0 Å². The van der Waals surface area contributed by atoms with E-state index in [0.29, 0.717) is 19.6 Å². The Morgan fingerprint density at radius 2 is 1.96 bits per heavy atom. The second kappa shape index (κ2) is 7.65. The van der Waals surface area contributed by atoms with Crippen molar-refractivity contribution < 1.29 is 13.3 Å². The third-order valence-electron chi connectivity index (χ3n) is 4.92. The molecule has 27 heavy (non-hydrogen) atoms. The van der Waals surface area contributed by atoms with Crippen molar-refractivity contribution in [3.63, 3.8) is 0 Å². The average Bonchev–Trinajstić information content (AvgIpc) is 2.98. The van der Waals surface area contributed by atoms with E-state index in [9.17, 15) is 18.5 Å². The fourth-order valence-electron chi connectivity index (χ4n) is 3.13. The van der Waals surface area contributed by atoms with Gasteiger partial charge in [0.05, 0.1) is 16.0 Å². The van der Waals surface area contributed by atoms with Gasteiger partial charge < -0.3 is 5.32 Å². The zero-order chi connectivity index (χ0) is 19.6. The van der Waals surface area contributed by atoms with Crippen LogP contribution < -0.4 is 5.32 Å². The van der Waals surface area contributed by atoms with E-state index in [4.69, 9.17) is 0 Å². The van der Waals surface area contributed by atoms with E-state index in [2.05, 4.69) is 10.4 Å². The highest BCUT2D eigenvalue weighted by Crippen LogP contribution is 2.30. The predicted octanol–water partition coefficient (Wildman–Crippen LogP) is 2.42. The highest BCUT2D eigenvalue weighted by Gasteiger charge is 2.28. The summed E-state index contributed by atoms with van der Waals surface area (Å²) >= 11 is 0. The minimum atomic E-state index is -3.72. The molecule has 3 rings (SSSR count). The molecule has 0 spiro atoms. The summed E-state index contributed by atoms with van der Waals surface area (Å²) in [5, 5.41) is 18.7. The Morgan fingerprint density at radius 1 is 1.26 bits per heavy atom. The molecule has 1 N–H and O–H groups in total. The van der Waals surface area contributed by atoms with Gasteiger partial charge in [-0.05, 0) is 31.9 Å². The van der Waals surface area contributed by atoms with Crippen molar-refractivity contribution in [3.8, 4) is 0 Å². The number of benzene rings is 1. The number of nitro groups is 1. The van der Waals surface area contributed by atoms with Crippen LogP contribution in [-0.2, 0) is 23.6 Å². The van der Waals surface area contributed by atoms with Gasteiger partial charge in [-0.3, -0.25) is 14.8 Å². The molecule has 10 heteroatoms. The normalized spacial score (nSPS) is 15.6. The first-order valence-corrected chi connectivity index (χ1v) is 10.2. The van der Waals surface area contributed by atoms with Crippen molar-refractivity contribution in [2.45, 2.75) is 37.6 Å². The highest BCUT2D eigenvalue weighted by molar-refractivity contribution is 7.89. The SMILES string of the molecule is Cc1c(CNc2ccc(S(=O)(=O)N3CCCCC3)cc2[N+](=O)[O-])cnn1C. The quantitative estimate of drug-likeness (QED) is 0.596. The summed E-state index contributed by atoms with van der Waals surface area (Å²) in [7, 11) is -1.90. The number of hydrogen-bond donors (Lipinski definition) is 1. The molecule has 0 amide bonds. The van der Waals surface area contributed by atoms with Crippen LogP contribution in [0.3, 0.4) is 0 Å². The van der Waals surface area contributed by atoms with Gasteiger partial charge in [0, 0.05) is 44.0 Å². The van der Waals surface area contributed by atoms with E-state index in [1.807, 2.05) is 14.0 Å². The van der Waals surface area contributed by atoms with E-state index in [-0.39, 0.29) is 16.3 Å². The molecule has 0 bridgehead atoms. The summed E-state index contributed by atoms with van der Waals surface area (Å²) in [6.45, 7) is 3.18. The van der Waals surface area contributed by atoms with Crippen molar-refractivity contribution in [1.82, 2.24) is 14.1 Å². The van der Waals surface area contributed by atoms with Crippen LogP contribution in [-0.4, -0.2) is 40.5 Å². The van der Waals surface area contributed by atoms with Crippen LogP contribution in [0.1, 0.15) is 30.5 Å². The minimum absolute atomic E-state index is 0.0424. The van der Waals surface area contributed by atoms with Crippen molar-refractivity contribution in [2.24, 2.45) is 7.05 Å². The standard InChI is InChI=1S/C17H23N5O4S/c1-13-14(12-19-20(13)2)11-18-16-7-6-15(10-17(16)22(23)24)27(25,26)21-8-4-3-5-9-21/h6-7,10,12,18H,3-5,8-9,11H2,1-2H3. The fraction of sp³-hybridized carbons (Fsp3) is 0.471. The van der Waals surface area contributed by atoms with Gasteiger partial charge in [-0.15, -0.1) is 0 Å². The molecule has 1 fully saturated rings. The molecular formula is C17H23N5O4S. The molecule has 1 saturated heterocycles. The smallest absolute Gasteiger partial charge is 0.293 e. The molecule has 1 aromatic carbocycles. The number of nitrogens with zero attached hydrogens (tertiary/aromatic N) is 4. The molecule has 146 valence electrons. The zero-order valence-corrected chi connectivity index (χ0v) is 16.2. The van der Waals surface area contributed by atoms with E-state index in [1.54, 1.807) is 10.9 Å². The molecule has 0 unspecified atom stereocenters. The number of piperidine rings is 1.